The standard InChI is InChI=1S/C21H20N6O4S/c22-21-26-18-17(20(31)27-21)11(9-24-18)4-5-14-6-7-15(32-14)19(30)25-13-3-1-2-12(8-13)23-10-16(28)29/h1-3,6-9,23H,4-5,10H2,(H,25,30)(H,28,29)(H4,22,24,26,27,31). The number of carboxylic acid groups (broad SMARTS) is 1. The van der Waals surface area contributed by atoms with Gasteiger partial charge >= 0.3 is 5.97 Å². The fourth-order valence-electron chi connectivity index (χ4n) is 3.29. The van der Waals surface area contributed by atoms with Crippen LogP contribution in [0, 0.1) is 0 Å². The number of hydrogen-bond donors (Lipinski definition) is 6. The molecule has 0 unspecified atom stereocenters. The van der Waals surface area contributed by atoms with Crippen LogP contribution >= 0.6 is 11.3 Å². The molecule has 164 valence electrons. The molecule has 0 saturated heterocycles. The van der Waals surface area contributed by atoms with Crippen molar-refractivity contribution in [3.8, 4) is 0 Å². The first-order chi connectivity index (χ1) is 15.4. The molecule has 0 radical (unpaired) electrons. The van der Waals surface area contributed by atoms with Gasteiger partial charge in [0, 0.05) is 22.4 Å². The Balaban J connectivity index is 1.40. The molecular weight excluding hydrogens is 432 g/mol. The maximum absolute atomic E-state index is 12.6. The SMILES string of the molecule is Nc1nc2[nH]cc(CCc3ccc(C(=O)Nc4cccc(NCC(=O)O)c4)s3)c2c(=O)[nH]1. The highest BCUT2D eigenvalue weighted by Gasteiger charge is 2.13. The minimum Gasteiger partial charge on any atom is -0.480 e. The fraction of sp³-hybridized carbons (Fsp3) is 0.143. The number of anilines is 3. The van der Waals surface area contributed by atoms with E-state index in [1.807, 2.05) is 6.07 Å². The Kier molecular flexibility index (Phi) is 5.90. The number of aromatic nitrogens is 3. The average Bonchev–Trinajstić information content (AvgIpc) is 3.38. The van der Waals surface area contributed by atoms with Gasteiger partial charge in [0.2, 0.25) is 5.95 Å². The molecule has 11 heteroatoms. The largest absolute Gasteiger partial charge is 0.480 e. The van der Waals surface area contributed by atoms with Gasteiger partial charge in [0.1, 0.15) is 12.2 Å². The zero-order valence-electron chi connectivity index (χ0n) is 16.8. The van der Waals surface area contributed by atoms with Gasteiger partial charge in [0.25, 0.3) is 11.5 Å². The van der Waals surface area contributed by atoms with Gasteiger partial charge in [-0.05, 0) is 48.7 Å². The van der Waals surface area contributed by atoms with Crippen LogP contribution < -0.4 is 21.9 Å². The van der Waals surface area contributed by atoms with Crippen molar-refractivity contribution in [3.63, 3.8) is 0 Å². The number of aryl methyl sites for hydroxylation is 2. The molecule has 0 saturated carbocycles. The fourth-order valence-corrected chi connectivity index (χ4v) is 4.19. The first kappa shape index (κ1) is 21.1. The second-order valence-corrected chi connectivity index (χ2v) is 8.21. The van der Waals surface area contributed by atoms with E-state index in [2.05, 4.69) is 25.6 Å². The summed E-state index contributed by atoms with van der Waals surface area (Å²) in [6.07, 6.45) is 3.01. The summed E-state index contributed by atoms with van der Waals surface area (Å²) in [5.41, 5.74) is 7.73. The Hall–Kier alpha value is -4.12. The lowest BCUT2D eigenvalue weighted by Gasteiger charge is -2.07. The van der Waals surface area contributed by atoms with Crippen molar-refractivity contribution in [2.24, 2.45) is 0 Å². The van der Waals surface area contributed by atoms with Crippen LogP contribution in [0.3, 0.4) is 0 Å². The highest BCUT2D eigenvalue weighted by atomic mass is 32.1. The molecule has 0 aliphatic carbocycles. The molecule has 10 nitrogen and oxygen atoms in total. The third-order valence-corrected chi connectivity index (χ3v) is 5.88. The van der Waals surface area contributed by atoms with Crippen molar-refractivity contribution in [1.82, 2.24) is 15.0 Å². The lowest BCUT2D eigenvalue weighted by Crippen LogP contribution is -2.13. The molecule has 7 N–H and O–H groups in total. The van der Waals surface area contributed by atoms with Gasteiger partial charge in [-0.15, -0.1) is 11.3 Å². The summed E-state index contributed by atoms with van der Waals surface area (Å²) in [7, 11) is 0. The lowest BCUT2D eigenvalue weighted by molar-refractivity contribution is -0.134. The van der Waals surface area contributed by atoms with Gasteiger partial charge in [0.05, 0.1) is 10.3 Å². The first-order valence-electron chi connectivity index (χ1n) is 9.70. The average molecular weight is 452 g/mol. The van der Waals surface area contributed by atoms with E-state index in [9.17, 15) is 14.4 Å². The third kappa shape index (κ3) is 4.78. The smallest absolute Gasteiger partial charge is 0.322 e. The zero-order valence-corrected chi connectivity index (χ0v) is 17.6. The number of carboxylic acids is 1. The molecule has 0 aliphatic heterocycles. The summed E-state index contributed by atoms with van der Waals surface area (Å²) in [5, 5.41) is 14.8. The number of benzene rings is 1. The van der Waals surface area contributed by atoms with Crippen LogP contribution in [-0.4, -0.2) is 38.5 Å². The third-order valence-electron chi connectivity index (χ3n) is 4.73. The molecule has 0 spiro atoms. The molecule has 1 amide bonds. The summed E-state index contributed by atoms with van der Waals surface area (Å²) in [4.78, 5) is 46.6. The Morgan fingerprint density at radius 2 is 1.97 bits per heavy atom. The van der Waals surface area contributed by atoms with Gasteiger partial charge in [-0.3, -0.25) is 19.4 Å². The number of nitrogens with one attached hydrogen (secondary N) is 4. The van der Waals surface area contributed by atoms with Crippen molar-refractivity contribution < 1.29 is 14.7 Å². The zero-order chi connectivity index (χ0) is 22.7. The molecule has 0 bridgehead atoms. The molecule has 3 heterocycles. The summed E-state index contributed by atoms with van der Waals surface area (Å²) < 4.78 is 0. The number of hydrogen-bond acceptors (Lipinski definition) is 7. The van der Waals surface area contributed by atoms with E-state index in [-0.39, 0.29) is 24.0 Å². The van der Waals surface area contributed by atoms with Crippen molar-refractivity contribution in [1.29, 1.82) is 0 Å². The monoisotopic (exact) mass is 452 g/mol. The van der Waals surface area contributed by atoms with Gasteiger partial charge < -0.3 is 26.5 Å². The Morgan fingerprint density at radius 1 is 1.16 bits per heavy atom. The molecule has 0 fully saturated rings. The van der Waals surface area contributed by atoms with Gasteiger partial charge in [-0.25, -0.2) is 0 Å². The topological polar surface area (TPSA) is 166 Å². The van der Waals surface area contributed by atoms with Crippen molar-refractivity contribution in [2.45, 2.75) is 12.8 Å². The quantitative estimate of drug-likeness (QED) is 0.239. The van der Waals surface area contributed by atoms with E-state index >= 15 is 0 Å². The number of nitrogen functional groups attached to an aromatic ring is 1. The Bertz CT molecular complexity index is 1360. The molecule has 1 aromatic carbocycles. The van der Waals surface area contributed by atoms with Gasteiger partial charge in [-0.1, -0.05) is 6.07 Å². The van der Waals surface area contributed by atoms with Crippen LogP contribution in [0.1, 0.15) is 20.1 Å². The van der Waals surface area contributed by atoms with Gasteiger partial charge in [0.15, 0.2) is 0 Å². The summed E-state index contributed by atoms with van der Waals surface area (Å²) >= 11 is 1.38. The Morgan fingerprint density at radius 3 is 2.78 bits per heavy atom. The maximum Gasteiger partial charge on any atom is 0.322 e. The minimum atomic E-state index is -0.969. The van der Waals surface area contributed by atoms with Crippen molar-refractivity contribution in [3.05, 3.63) is 68.3 Å². The highest BCUT2D eigenvalue weighted by Crippen LogP contribution is 2.22. The van der Waals surface area contributed by atoms with E-state index in [1.165, 1.54) is 11.3 Å². The number of H-pyrrole nitrogens is 2. The molecule has 3 aromatic heterocycles. The Labute approximate surface area is 185 Å². The van der Waals surface area contributed by atoms with Crippen LogP contribution in [-0.2, 0) is 17.6 Å². The molecule has 0 atom stereocenters. The van der Waals surface area contributed by atoms with E-state index in [0.29, 0.717) is 40.1 Å². The predicted octanol–water partition coefficient (Wildman–Crippen LogP) is 2.43. The number of carbonyl (C=O) groups excluding carboxylic acids is 1. The number of nitrogens with zero attached hydrogens (tertiary/aromatic N) is 1. The number of carbonyl (C=O) groups is 2. The second kappa shape index (κ2) is 8.94. The van der Waals surface area contributed by atoms with Crippen LogP contribution in [0.2, 0.25) is 0 Å². The van der Waals surface area contributed by atoms with Gasteiger partial charge in [-0.2, -0.15) is 4.98 Å². The number of rotatable bonds is 8. The van der Waals surface area contributed by atoms with Crippen LogP contribution in [0.25, 0.3) is 11.0 Å². The molecule has 0 aliphatic rings. The number of amides is 1. The van der Waals surface area contributed by atoms with Crippen molar-refractivity contribution in [2.75, 3.05) is 22.9 Å². The number of aliphatic carboxylic acids is 1. The molecule has 32 heavy (non-hydrogen) atoms. The molecule has 4 aromatic rings. The minimum absolute atomic E-state index is 0.0630. The van der Waals surface area contributed by atoms with Crippen LogP contribution in [0.5, 0.6) is 0 Å². The van der Waals surface area contributed by atoms with E-state index in [1.54, 1.807) is 36.5 Å². The number of aromatic amines is 2. The number of fused-ring (bicyclic) bond motifs is 1. The normalized spacial score (nSPS) is 10.9. The summed E-state index contributed by atoms with van der Waals surface area (Å²) in [6, 6.07) is 10.5. The van der Waals surface area contributed by atoms with E-state index in [0.717, 1.165) is 10.4 Å². The molecular formula is C21H20N6O4S. The predicted molar refractivity (Wildman–Crippen MR) is 123 cm³/mol. The van der Waals surface area contributed by atoms with E-state index in [4.69, 9.17) is 10.8 Å². The highest BCUT2D eigenvalue weighted by molar-refractivity contribution is 7.14. The van der Waals surface area contributed by atoms with Crippen LogP contribution in [0.15, 0.2) is 47.4 Å². The lowest BCUT2D eigenvalue weighted by atomic mass is 10.1. The van der Waals surface area contributed by atoms with Crippen LogP contribution in [0.4, 0.5) is 17.3 Å². The first-order valence-corrected chi connectivity index (χ1v) is 10.5. The number of nitrogens with two attached hydrogens (primary N) is 1. The van der Waals surface area contributed by atoms with E-state index < -0.39 is 5.97 Å². The van der Waals surface area contributed by atoms with Crippen molar-refractivity contribution >= 4 is 51.6 Å². The summed E-state index contributed by atoms with van der Waals surface area (Å²) in [5.74, 6) is -1.16. The summed E-state index contributed by atoms with van der Waals surface area (Å²) in [6.45, 7) is -0.211. The second-order valence-electron chi connectivity index (χ2n) is 7.04. The maximum atomic E-state index is 12.6. The number of thiophene rings is 1. The molecule has 4 rings (SSSR count).